The number of ether oxygens (including phenoxy) is 1. The van der Waals surface area contributed by atoms with E-state index < -0.39 is 18.8 Å². The van der Waals surface area contributed by atoms with E-state index >= 15 is 0 Å². The van der Waals surface area contributed by atoms with Crippen molar-refractivity contribution in [3.8, 4) is 11.8 Å². The molecule has 16 heteroatoms. The number of nitrogens with one attached hydrogen (secondary N) is 4. The molecule has 0 unspecified atom stereocenters. The van der Waals surface area contributed by atoms with Gasteiger partial charge in [-0.1, -0.05) is 26.0 Å². The van der Waals surface area contributed by atoms with Crippen LogP contribution in [0.2, 0.25) is 0 Å². The molecule has 232 valence electrons. The largest absolute Gasteiger partial charge is 0.508 e. The number of aromatic hydroxyl groups is 1. The fraction of sp³-hybridized carbons (Fsp3) is 0.333. The van der Waals surface area contributed by atoms with E-state index in [-0.39, 0.29) is 47.9 Å². The Labute approximate surface area is 244 Å². The van der Waals surface area contributed by atoms with Crippen LogP contribution in [-0.4, -0.2) is 69.3 Å². The van der Waals surface area contributed by atoms with Gasteiger partial charge in [0.05, 0.1) is 0 Å². The molecular formula is C27H32F3N7O6. The third-order valence-corrected chi connectivity index (χ3v) is 5.31. The van der Waals surface area contributed by atoms with Crippen LogP contribution in [0.25, 0.3) is 0 Å². The second kappa shape index (κ2) is 15.7. The zero-order valence-corrected chi connectivity index (χ0v) is 23.5. The van der Waals surface area contributed by atoms with Gasteiger partial charge in [-0.15, -0.1) is 0 Å². The molecule has 0 saturated carbocycles. The highest BCUT2D eigenvalue weighted by Gasteiger charge is 2.29. The maximum atomic E-state index is 12.7. The van der Waals surface area contributed by atoms with Crippen LogP contribution in [-0.2, 0) is 16.1 Å². The van der Waals surface area contributed by atoms with E-state index in [1.807, 2.05) is 13.8 Å². The monoisotopic (exact) mass is 607 g/mol. The van der Waals surface area contributed by atoms with Crippen molar-refractivity contribution in [2.45, 2.75) is 33.5 Å². The number of hydrogen-bond donors (Lipinski definition) is 6. The number of nitrogens with zero attached hydrogens (tertiary/aromatic N) is 3. The van der Waals surface area contributed by atoms with Gasteiger partial charge in [0.1, 0.15) is 5.75 Å². The summed E-state index contributed by atoms with van der Waals surface area (Å²) in [6, 6.07) is 12.0. The molecule has 2 aromatic carbocycles. The molecule has 0 saturated heterocycles. The maximum absolute atomic E-state index is 12.7. The van der Waals surface area contributed by atoms with Crippen molar-refractivity contribution in [2.24, 2.45) is 5.41 Å². The van der Waals surface area contributed by atoms with E-state index in [2.05, 4.69) is 36.2 Å². The highest BCUT2D eigenvalue weighted by Crippen LogP contribution is 2.21. The summed E-state index contributed by atoms with van der Waals surface area (Å²) in [7, 11) is 0. The molecule has 0 fully saturated rings. The summed E-state index contributed by atoms with van der Waals surface area (Å²) in [4.78, 5) is 44.1. The van der Waals surface area contributed by atoms with Crippen molar-refractivity contribution in [1.82, 2.24) is 25.6 Å². The standard InChI is InChI=1S/C26H30F3N7O4.CH2O2/c1-16(37)31-13-25(2,3)14-32-21(39)18-6-8-19(9-7-18)33-23-34-22(30-12-17-4-10-20(38)11-5-17)35-24(36-23)40-15-26(27,28)29;2-1-3/h4-11,38H,12-15H2,1-3H3,(H,31,37)(H,32,39)(H2,30,33,34,35,36);1H,(H,2,3). The smallest absolute Gasteiger partial charge is 0.422 e. The Kier molecular flexibility index (Phi) is 12.5. The van der Waals surface area contributed by atoms with Gasteiger partial charge in [-0.2, -0.15) is 28.1 Å². The zero-order valence-electron chi connectivity index (χ0n) is 23.5. The van der Waals surface area contributed by atoms with Gasteiger partial charge < -0.3 is 36.2 Å². The molecule has 0 aliphatic rings. The first kappa shape index (κ1) is 34.1. The molecule has 0 bridgehead atoms. The van der Waals surface area contributed by atoms with Crippen LogP contribution in [0.5, 0.6) is 11.8 Å². The number of aromatic nitrogens is 3. The molecule has 0 atom stereocenters. The number of carboxylic acid groups (broad SMARTS) is 1. The fourth-order valence-corrected chi connectivity index (χ4v) is 3.18. The molecular weight excluding hydrogens is 575 g/mol. The second-order valence-electron chi connectivity index (χ2n) is 9.75. The first-order chi connectivity index (χ1) is 20.2. The van der Waals surface area contributed by atoms with E-state index in [1.165, 1.54) is 19.1 Å². The fourth-order valence-electron chi connectivity index (χ4n) is 3.18. The van der Waals surface area contributed by atoms with E-state index in [1.54, 1.807) is 36.4 Å². The number of rotatable bonds is 12. The average molecular weight is 608 g/mol. The molecule has 1 aromatic heterocycles. The Morgan fingerprint density at radius 2 is 1.51 bits per heavy atom. The van der Waals surface area contributed by atoms with Gasteiger partial charge in [-0.05, 0) is 47.4 Å². The van der Waals surface area contributed by atoms with Crippen molar-refractivity contribution in [3.05, 3.63) is 59.7 Å². The second-order valence-corrected chi connectivity index (χ2v) is 9.75. The summed E-state index contributed by atoms with van der Waals surface area (Å²) in [5.74, 6) is -0.503. The highest BCUT2D eigenvalue weighted by atomic mass is 19.4. The van der Waals surface area contributed by atoms with E-state index in [0.717, 1.165) is 5.56 Å². The Morgan fingerprint density at radius 1 is 0.930 bits per heavy atom. The Balaban J connectivity index is 0.00000206. The molecule has 2 amide bonds. The lowest BCUT2D eigenvalue weighted by Gasteiger charge is -2.25. The van der Waals surface area contributed by atoms with E-state index in [4.69, 9.17) is 14.6 Å². The Morgan fingerprint density at radius 3 is 2.09 bits per heavy atom. The number of benzene rings is 2. The summed E-state index contributed by atoms with van der Waals surface area (Å²) in [6.07, 6.45) is -4.59. The number of carbonyl (C=O) groups is 3. The number of phenolic OH excluding ortho intramolecular Hbond substituents is 1. The number of anilines is 3. The number of halogens is 3. The summed E-state index contributed by atoms with van der Waals surface area (Å²) in [6.45, 7) is 4.35. The third kappa shape index (κ3) is 13.4. The minimum absolute atomic E-state index is 0.0411. The molecule has 43 heavy (non-hydrogen) atoms. The number of amides is 2. The first-order valence-electron chi connectivity index (χ1n) is 12.6. The number of hydrogen-bond acceptors (Lipinski definition) is 10. The quantitative estimate of drug-likeness (QED) is 0.166. The van der Waals surface area contributed by atoms with Crippen molar-refractivity contribution in [2.75, 3.05) is 30.3 Å². The van der Waals surface area contributed by atoms with Gasteiger partial charge in [0, 0.05) is 37.8 Å². The number of alkyl halides is 3. The van der Waals surface area contributed by atoms with Crippen molar-refractivity contribution < 1.29 is 42.5 Å². The molecule has 3 aromatic rings. The SMILES string of the molecule is CC(=O)NCC(C)(C)CNC(=O)c1ccc(Nc2nc(NCc3ccc(O)cc3)nc(OCC(F)(F)F)n2)cc1.O=CO. The molecule has 0 radical (unpaired) electrons. The predicted molar refractivity (Wildman–Crippen MR) is 150 cm³/mol. The summed E-state index contributed by atoms with van der Waals surface area (Å²) < 4.78 is 42.8. The minimum atomic E-state index is -4.59. The first-order valence-corrected chi connectivity index (χ1v) is 12.6. The van der Waals surface area contributed by atoms with Crippen LogP contribution in [0.3, 0.4) is 0 Å². The lowest BCUT2D eigenvalue weighted by atomic mass is 9.93. The Bertz CT molecular complexity index is 1350. The van der Waals surface area contributed by atoms with Crippen molar-refractivity contribution >= 4 is 35.9 Å². The number of carbonyl (C=O) groups excluding carboxylic acids is 2. The summed E-state index contributed by atoms with van der Waals surface area (Å²) in [5, 5.41) is 27.6. The van der Waals surface area contributed by atoms with Crippen LogP contribution >= 0.6 is 0 Å². The number of phenols is 1. The molecule has 1 heterocycles. The molecule has 6 N–H and O–H groups in total. The van der Waals surface area contributed by atoms with Gasteiger partial charge in [0.15, 0.2) is 6.61 Å². The molecule has 0 aliphatic carbocycles. The van der Waals surface area contributed by atoms with Gasteiger partial charge in [-0.3, -0.25) is 14.4 Å². The third-order valence-electron chi connectivity index (χ3n) is 5.31. The van der Waals surface area contributed by atoms with Gasteiger partial charge >= 0.3 is 12.2 Å². The Hall–Kier alpha value is -5.15. The normalized spacial score (nSPS) is 10.9. The van der Waals surface area contributed by atoms with Gasteiger partial charge in [-0.25, -0.2) is 0 Å². The lowest BCUT2D eigenvalue weighted by Crippen LogP contribution is -2.41. The van der Waals surface area contributed by atoms with Gasteiger partial charge in [0.2, 0.25) is 17.8 Å². The van der Waals surface area contributed by atoms with E-state index in [0.29, 0.717) is 24.3 Å². The van der Waals surface area contributed by atoms with Crippen molar-refractivity contribution in [3.63, 3.8) is 0 Å². The van der Waals surface area contributed by atoms with Crippen molar-refractivity contribution in [1.29, 1.82) is 0 Å². The average Bonchev–Trinajstić information content (AvgIpc) is 2.94. The predicted octanol–water partition coefficient (Wildman–Crippen LogP) is 3.47. The van der Waals surface area contributed by atoms with Gasteiger partial charge in [0.25, 0.3) is 12.4 Å². The van der Waals surface area contributed by atoms with Crippen LogP contribution in [0.4, 0.5) is 30.8 Å². The highest BCUT2D eigenvalue weighted by molar-refractivity contribution is 5.94. The molecule has 13 nitrogen and oxygen atoms in total. The van der Waals surface area contributed by atoms with E-state index in [9.17, 15) is 27.9 Å². The van der Waals surface area contributed by atoms with Crippen LogP contribution in [0.15, 0.2) is 48.5 Å². The molecule has 0 spiro atoms. The molecule has 0 aliphatic heterocycles. The minimum Gasteiger partial charge on any atom is -0.508 e. The topological polar surface area (TPSA) is 188 Å². The lowest BCUT2D eigenvalue weighted by molar-refractivity contribution is -0.154. The summed E-state index contributed by atoms with van der Waals surface area (Å²) in [5.41, 5.74) is 1.24. The zero-order chi connectivity index (χ0) is 32.0. The molecule has 3 rings (SSSR count). The van der Waals surface area contributed by atoms with Crippen LogP contribution in [0.1, 0.15) is 36.7 Å². The summed E-state index contributed by atoms with van der Waals surface area (Å²) >= 11 is 0. The van der Waals surface area contributed by atoms with Crippen LogP contribution < -0.4 is 26.0 Å². The van der Waals surface area contributed by atoms with Crippen LogP contribution in [0, 0.1) is 5.41 Å². The maximum Gasteiger partial charge on any atom is 0.422 e.